The molecular weight excluding hydrogens is 261 g/mol. The Balaban J connectivity index is 2.06. The zero-order valence-corrected chi connectivity index (χ0v) is 10.8. The zero-order chi connectivity index (χ0) is 13.2. The molecule has 0 spiro atoms. The Morgan fingerprint density at radius 2 is 2.50 bits per heavy atom. The Kier molecular flexibility index (Phi) is 3.87. The zero-order valence-electron chi connectivity index (χ0n) is 10.1. The van der Waals surface area contributed by atoms with E-state index in [-0.39, 0.29) is 18.2 Å². The summed E-state index contributed by atoms with van der Waals surface area (Å²) in [7, 11) is 1.50. The van der Waals surface area contributed by atoms with E-state index in [4.69, 9.17) is 16.3 Å². The van der Waals surface area contributed by atoms with Crippen molar-refractivity contribution in [3.8, 4) is 0 Å². The molecule has 1 saturated heterocycles. The Morgan fingerprint density at radius 3 is 3.17 bits per heavy atom. The molecule has 1 aliphatic heterocycles. The second-order valence-electron chi connectivity index (χ2n) is 4.46. The summed E-state index contributed by atoms with van der Waals surface area (Å²) >= 11 is 5.87. The van der Waals surface area contributed by atoms with Crippen LogP contribution in [0.4, 0.5) is 10.1 Å². The van der Waals surface area contributed by atoms with Gasteiger partial charge in [0.2, 0.25) is 0 Å². The molecule has 7 heteroatoms. The minimum absolute atomic E-state index is 0.0211. The van der Waals surface area contributed by atoms with Crippen LogP contribution in [0.2, 0.25) is 5.02 Å². The van der Waals surface area contributed by atoms with Gasteiger partial charge in [0.1, 0.15) is 5.02 Å². The molecule has 1 aliphatic rings. The van der Waals surface area contributed by atoms with Crippen molar-refractivity contribution in [3.63, 3.8) is 0 Å². The fraction of sp³-hybridized carbons (Fsp3) is 0.636. The smallest absolute Gasteiger partial charge is 0.287 e. The summed E-state index contributed by atoms with van der Waals surface area (Å²) in [5.74, 6) is 0. The Labute approximate surface area is 109 Å². The normalized spacial score (nSPS) is 23.9. The average molecular weight is 276 g/mol. The topological polar surface area (TPSA) is 56.1 Å². The predicted octanol–water partition coefficient (Wildman–Crippen LogP) is 1.36. The van der Waals surface area contributed by atoms with Crippen molar-refractivity contribution in [2.24, 2.45) is 7.05 Å². The molecule has 0 saturated carbocycles. The third-order valence-electron chi connectivity index (χ3n) is 2.95. The minimum Gasteiger partial charge on any atom is -0.379 e. The lowest BCUT2D eigenvalue weighted by Crippen LogP contribution is -2.40. The van der Waals surface area contributed by atoms with Crippen molar-refractivity contribution in [3.05, 3.63) is 21.6 Å². The molecule has 0 bridgehead atoms. The van der Waals surface area contributed by atoms with Gasteiger partial charge in [-0.05, 0) is 12.8 Å². The highest BCUT2D eigenvalue weighted by Gasteiger charge is 2.32. The van der Waals surface area contributed by atoms with Gasteiger partial charge < -0.3 is 10.1 Å². The molecule has 1 atom stereocenters. The van der Waals surface area contributed by atoms with Crippen molar-refractivity contribution in [1.82, 2.24) is 9.78 Å². The van der Waals surface area contributed by atoms with Crippen molar-refractivity contribution in [1.29, 1.82) is 0 Å². The van der Waals surface area contributed by atoms with Crippen molar-refractivity contribution in [2.75, 3.05) is 25.1 Å². The van der Waals surface area contributed by atoms with E-state index < -0.39 is 11.2 Å². The van der Waals surface area contributed by atoms with Gasteiger partial charge in [-0.1, -0.05) is 11.6 Å². The first-order valence-corrected chi connectivity index (χ1v) is 6.12. The second-order valence-corrected chi connectivity index (χ2v) is 4.84. The van der Waals surface area contributed by atoms with Crippen LogP contribution in [0.15, 0.2) is 11.0 Å². The molecule has 0 amide bonds. The maximum absolute atomic E-state index is 14.2. The van der Waals surface area contributed by atoms with Crippen LogP contribution in [0, 0.1) is 0 Å². The SMILES string of the molecule is Cn1ncc(NCC2(F)CCCOC2)c(Cl)c1=O. The number of nitrogens with one attached hydrogen (secondary N) is 1. The van der Waals surface area contributed by atoms with E-state index in [0.717, 1.165) is 4.68 Å². The van der Waals surface area contributed by atoms with Crippen LogP contribution in [-0.4, -0.2) is 35.2 Å². The van der Waals surface area contributed by atoms with Crippen LogP contribution in [-0.2, 0) is 11.8 Å². The molecule has 2 heterocycles. The first-order chi connectivity index (χ1) is 8.52. The quantitative estimate of drug-likeness (QED) is 0.905. The fourth-order valence-corrected chi connectivity index (χ4v) is 2.08. The van der Waals surface area contributed by atoms with E-state index in [1.165, 1.54) is 13.2 Å². The summed E-state index contributed by atoms with van der Waals surface area (Å²) in [6.45, 7) is 0.720. The molecule has 0 aliphatic carbocycles. The Morgan fingerprint density at radius 1 is 1.72 bits per heavy atom. The monoisotopic (exact) mass is 275 g/mol. The number of aryl methyl sites for hydroxylation is 1. The van der Waals surface area contributed by atoms with E-state index in [2.05, 4.69) is 10.4 Å². The maximum Gasteiger partial charge on any atom is 0.287 e. The van der Waals surface area contributed by atoms with Crippen molar-refractivity contribution in [2.45, 2.75) is 18.5 Å². The van der Waals surface area contributed by atoms with Gasteiger partial charge in [0.25, 0.3) is 5.56 Å². The minimum atomic E-state index is -1.41. The number of hydrogen-bond acceptors (Lipinski definition) is 4. The second kappa shape index (κ2) is 5.24. The molecule has 0 radical (unpaired) electrons. The summed E-state index contributed by atoms with van der Waals surface area (Å²) in [6, 6.07) is 0. The van der Waals surface area contributed by atoms with Gasteiger partial charge >= 0.3 is 0 Å². The molecule has 0 aromatic carbocycles. The van der Waals surface area contributed by atoms with E-state index in [0.29, 0.717) is 25.1 Å². The van der Waals surface area contributed by atoms with Gasteiger partial charge in [-0.2, -0.15) is 5.10 Å². The Hall–Kier alpha value is -1.14. The highest BCUT2D eigenvalue weighted by Crippen LogP contribution is 2.25. The number of hydrogen-bond donors (Lipinski definition) is 1. The number of rotatable bonds is 3. The van der Waals surface area contributed by atoms with Gasteiger partial charge in [-0.15, -0.1) is 0 Å². The van der Waals surface area contributed by atoms with Gasteiger partial charge in [0.05, 0.1) is 25.0 Å². The van der Waals surface area contributed by atoms with Crippen LogP contribution in [0.5, 0.6) is 0 Å². The van der Waals surface area contributed by atoms with E-state index in [1.54, 1.807) is 0 Å². The summed E-state index contributed by atoms with van der Waals surface area (Å²) < 4.78 is 20.5. The van der Waals surface area contributed by atoms with Crippen LogP contribution in [0.25, 0.3) is 0 Å². The molecular formula is C11H15ClFN3O2. The van der Waals surface area contributed by atoms with Gasteiger partial charge in [-0.3, -0.25) is 4.79 Å². The van der Waals surface area contributed by atoms with Crippen molar-refractivity contribution < 1.29 is 9.13 Å². The fourth-order valence-electron chi connectivity index (χ4n) is 1.85. The van der Waals surface area contributed by atoms with E-state index >= 15 is 0 Å². The highest BCUT2D eigenvalue weighted by molar-refractivity contribution is 6.32. The lowest BCUT2D eigenvalue weighted by Gasteiger charge is -2.29. The summed E-state index contributed by atoms with van der Waals surface area (Å²) in [5, 5.41) is 6.68. The largest absolute Gasteiger partial charge is 0.379 e. The molecule has 5 nitrogen and oxygen atoms in total. The third-order valence-corrected chi connectivity index (χ3v) is 3.31. The average Bonchev–Trinajstić information content (AvgIpc) is 2.36. The number of alkyl halides is 1. The predicted molar refractivity (Wildman–Crippen MR) is 66.9 cm³/mol. The van der Waals surface area contributed by atoms with Gasteiger partial charge in [-0.25, -0.2) is 9.07 Å². The summed E-state index contributed by atoms with van der Waals surface area (Å²) in [6.07, 6.45) is 2.55. The molecule has 100 valence electrons. The van der Waals surface area contributed by atoms with Crippen molar-refractivity contribution >= 4 is 17.3 Å². The highest BCUT2D eigenvalue weighted by atomic mass is 35.5. The maximum atomic E-state index is 14.2. The molecule has 1 N–H and O–H groups in total. The summed E-state index contributed by atoms with van der Waals surface area (Å²) in [5.41, 5.74) is -1.47. The standard InChI is InChI=1S/C11H15ClFN3O2/c1-16-10(17)9(12)8(5-15-16)14-6-11(13)3-2-4-18-7-11/h5,14H,2-4,6-7H2,1H3. The van der Waals surface area contributed by atoms with Crippen LogP contribution in [0.3, 0.4) is 0 Å². The number of halogens is 2. The lowest BCUT2D eigenvalue weighted by atomic mass is 9.99. The van der Waals surface area contributed by atoms with E-state index in [1.807, 2.05) is 0 Å². The van der Waals surface area contributed by atoms with Crippen LogP contribution < -0.4 is 10.9 Å². The Bertz CT molecular complexity index is 486. The van der Waals surface area contributed by atoms with E-state index in [9.17, 15) is 9.18 Å². The lowest BCUT2D eigenvalue weighted by molar-refractivity contribution is -0.0234. The molecule has 1 aromatic rings. The summed E-state index contributed by atoms with van der Waals surface area (Å²) in [4.78, 5) is 11.5. The van der Waals surface area contributed by atoms with Gasteiger partial charge in [0.15, 0.2) is 5.67 Å². The van der Waals surface area contributed by atoms with Crippen LogP contribution >= 0.6 is 11.6 Å². The number of ether oxygens (including phenoxy) is 1. The molecule has 18 heavy (non-hydrogen) atoms. The first-order valence-electron chi connectivity index (χ1n) is 5.74. The number of aromatic nitrogens is 2. The molecule has 1 aromatic heterocycles. The first kappa shape index (κ1) is 13.3. The van der Waals surface area contributed by atoms with Crippen LogP contribution in [0.1, 0.15) is 12.8 Å². The molecule has 2 rings (SSSR count). The van der Waals surface area contributed by atoms with Gasteiger partial charge in [0, 0.05) is 13.7 Å². The number of anilines is 1. The molecule has 1 fully saturated rings. The molecule has 1 unspecified atom stereocenters. The third kappa shape index (κ3) is 2.81. The number of nitrogens with zero attached hydrogens (tertiary/aromatic N) is 2.